The number of halogens is 2. The molecule has 0 aliphatic carbocycles. The first kappa shape index (κ1) is 18.6. The lowest BCUT2D eigenvalue weighted by molar-refractivity contribution is -0.384. The van der Waals surface area contributed by atoms with Crippen LogP contribution < -0.4 is 5.32 Å². The summed E-state index contributed by atoms with van der Waals surface area (Å²) in [6.45, 7) is 3.39. The van der Waals surface area contributed by atoms with Crippen molar-refractivity contribution in [3.8, 4) is 0 Å². The van der Waals surface area contributed by atoms with Crippen LogP contribution in [0.25, 0.3) is 0 Å². The zero-order chi connectivity index (χ0) is 16.2. The Hall–Kier alpha value is -1.73. The van der Waals surface area contributed by atoms with Gasteiger partial charge in [-0.2, -0.15) is 0 Å². The number of nitro groups is 1. The van der Waals surface area contributed by atoms with Gasteiger partial charge in [0.25, 0.3) is 5.69 Å². The fraction of sp³-hybridized carbons (Fsp3) is 0.312. The summed E-state index contributed by atoms with van der Waals surface area (Å²) in [5.74, 6) is 0. The second-order valence-electron chi connectivity index (χ2n) is 5.51. The molecule has 0 amide bonds. The zero-order valence-corrected chi connectivity index (χ0v) is 14.5. The van der Waals surface area contributed by atoms with E-state index in [4.69, 9.17) is 11.6 Å². The molecular formula is C16H18Cl2N4O2. The van der Waals surface area contributed by atoms with E-state index in [1.807, 2.05) is 12.1 Å². The summed E-state index contributed by atoms with van der Waals surface area (Å²) < 4.78 is 0. The van der Waals surface area contributed by atoms with Gasteiger partial charge in [-0.1, -0.05) is 17.7 Å². The van der Waals surface area contributed by atoms with E-state index in [2.05, 4.69) is 15.2 Å². The zero-order valence-electron chi connectivity index (χ0n) is 12.9. The highest BCUT2D eigenvalue weighted by Gasteiger charge is 2.24. The lowest BCUT2D eigenvalue weighted by Crippen LogP contribution is -2.45. The van der Waals surface area contributed by atoms with E-state index in [0.717, 1.165) is 25.2 Å². The van der Waals surface area contributed by atoms with Crippen LogP contribution >= 0.6 is 24.0 Å². The first-order valence-electron chi connectivity index (χ1n) is 7.42. The fourth-order valence-corrected chi connectivity index (χ4v) is 3.15. The number of nitrogens with one attached hydrogen (secondary N) is 1. The van der Waals surface area contributed by atoms with E-state index < -0.39 is 4.92 Å². The second-order valence-corrected chi connectivity index (χ2v) is 5.92. The Kier molecular flexibility index (Phi) is 6.51. The molecule has 3 rings (SSSR count). The summed E-state index contributed by atoms with van der Waals surface area (Å²) in [7, 11) is 0. The third-order valence-electron chi connectivity index (χ3n) is 4.04. The van der Waals surface area contributed by atoms with Crippen molar-refractivity contribution in [2.24, 2.45) is 0 Å². The molecule has 1 aliphatic rings. The van der Waals surface area contributed by atoms with Crippen LogP contribution in [0, 0.1) is 10.1 Å². The van der Waals surface area contributed by atoms with E-state index in [0.29, 0.717) is 6.54 Å². The number of nitrogens with zero attached hydrogens (tertiary/aromatic N) is 3. The van der Waals surface area contributed by atoms with E-state index in [9.17, 15) is 10.1 Å². The Balaban J connectivity index is 0.00000208. The van der Waals surface area contributed by atoms with Gasteiger partial charge in [0.05, 0.1) is 4.92 Å². The van der Waals surface area contributed by atoms with Crippen molar-refractivity contribution in [2.75, 3.05) is 19.6 Å². The van der Waals surface area contributed by atoms with Crippen LogP contribution in [0.2, 0.25) is 5.02 Å². The average molecular weight is 369 g/mol. The molecule has 24 heavy (non-hydrogen) atoms. The standard InChI is InChI=1S/C16H17ClN4O2.ClH/c17-14-9-12(1-2-15(14)21(22)23)11-20-8-7-19-10-16(20)13-3-5-18-6-4-13;/h1-6,9,16,19H,7-8,10-11H2;1H. The number of piperazine rings is 1. The summed E-state index contributed by atoms with van der Waals surface area (Å²) in [5.41, 5.74) is 2.13. The minimum atomic E-state index is -0.462. The lowest BCUT2D eigenvalue weighted by Gasteiger charge is -2.36. The number of rotatable bonds is 4. The van der Waals surface area contributed by atoms with Gasteiger partial charge in [0.15, 0.2) is 0 Å². The minimum absolute atomic E-state index is 0. The molecule has 1 aromatic heterocycles. The highest BCUT2D eigenvalue weighted by molar-refractivity contribution is 6.32. The molecule has 6 nitrogen and oxygen atoms in total. The van der Waals surface area contributed by atoms with E-state index in [-0.39, 0.29) is 29.2 Å². The first-order valence-corrected chi connectivity index (χ1v) is 7.80. The van der Waals surface area contributed by atoms with Crippen molar-refractivity contribution in [3.05, 3.63) is 69.0 Å². The molecule has 1 N–H and O–H groups in total. The summed E-state index contributed by atoms with van der Waals surface area (Å²) in [5, 5.41) is 14.4. The first-order chi connectivity index (χ1) is 11.1. The molecule has 2 aromatic rings. The summed E-state index contributed by atoms with van der Waals surface area (Å²) in [6, 6.07) is 9.23. The highest BCUT2D eigenvalue weighted by atomic mass is 35.5. The molecule has 0 radical (unpaired) electrons. The molecule has 0 bridgehead atoms. The fourth-order valence-electron chi connectivity index (χ4n) is 2.88. The van der Waals surface area contributed by atoms with Crippen molar-refractivity contribution in [1.29, 1.82) is 0 Å². The maximum Gasteiger partial charge on any atom is 0.287 e. The Labute approximate surface area is 151 Å². The van der Waals surface area contributed by atoms with Crippen molar-refractivity contribution < 1.29 is 4.92 Å². The minimum Gasteiger partial charge on any atom is -0.314 e. The van der Waals surface area contributed by atoms with Crippen molar-refractivity contribution in [3.63, 3.8) is 0 Å². The van der Waals surface area contributed by atoms with Crippen molar-refractivity contribution >= 4 is 29.7 Å². The molecule has 8 heteroatoms. The van der Waals surface area contributed by atoms with E-state index >= 15 is 0 Å². The van der Waals surface area contributed by atoms with Gasteiger partial charge in [-0.3, -0.25) is 20.0 Å². The summed E-state index contributed by atoms with van der Waals surface area (Å²) >= 11 is 6.01. The van der Waals surface area contributed by atoms with Gasteiger partial charge < -0.3 is 5.32 Å². The number of nitro benzene ring substituents is 1. The van der Waals surface area contributed by atoms with Gasteiger partial charge in [-0.05, 0) is 29.3 Å². The van der Waals surface area contributed by atoms with Crippen LogP contribution in [0.3, 0.4) is 0 Å². The maximum absolute atomic E-state index is 10.9. The highest BCUT2D eigenvalue weighted by Crippen LogP contribution is 2.28. The summed E-state index contributed by atoms with van der Waals surface area (Å²) in [4.78, 5) is 16.8. The van der Waals surface area contributed by atoms with Crippen LogP contribution in [-0.4, -0.2) is 34.4 Å². The lowest BCUT2D eigenvalue weighted by atomic mass is 10.0. The van der Waals surface area contributed by atoms with Crippen LogP contribution in [0.1, 0.15) is 17.2 Å². The molecule has 0 saturated carbocycles. The molecule has 1 saturated heterocycles. The van der Waals surface area contributed by atoms with Gasteiger partial charge in [-0.15, -0.1) is 12.4 Å². The molecule has 1 atom stereocenters. The van der Waals surface area contributed by atoms with E-state index in [1.165, 1.54) is 11.6 Å². The number of hydrogen-bond acceptors (Lipinski definition) is 5. The smallest absolute Gasteiger partial charge is 0.287 e. The predicted molar refractivity (Wildman–Crippen MR) is 95.6 cm³/mol. The second kappa shape index (κ2) is 8.39. The quantitative estimate of drug-likeness (QED) is 0.662. The van der Waals surface area contributed by atoms with Gasteiger partial charge in [0.2, 0.25) is 0 Å². The van der Waals surface area contributed by atoms with Gasteiger partial charge in [0, 0.05) is 50.7 Å². The van der Waals surface area contributed by atoms with E-state index in [1.54, 1.807) is 24.5 Å². The van der Waals surface area contributed by atoms with Crippen molar-refractivity contribution in [2.45, 2.75) is 12.6 Å². The molecule has 1 aromatic carbocycles. The molecular weight excluding hydrogens is 351 g/mol. The maximum atomic E-state index is 10.9. The molecule has 0 spiro atoms. The number of pyridine rings is 1. The molecule has 2 heterocycles. The topological polar surface area (TPSA) is 71.3 Å². The molecule has 1 unspecified atom stereocenters. The molecule has 1 aliphatic heterocycles. The largest absolute Gasteiger partial charge is 0.314 e. The average Bonchev–Trinajstić information content (AvgIpc) is 2.56. The third kappa shape index (κ3) is 4.21. The summed E-state index contributed by atoms with van der Waals surface area (Å²) in [6.07, 6.45) is 3.59. The van der Waals surface area contributed by atoms with Crippen LogP contribution in [0.4, 0.5) is 5.69 Å². The normalized spacial score (nSPS) is 18.0. The number of aromatic nitrogens is 1. The van der Waals surface area contributed by atoms with Crippen molar-refractivity contribution in [1.82, 2.24) is 15.2 Å². The third-order valence-corrected chi connectivity index (χ3v) is 4.34. The SMILES string of the molecule is Cl.O=[N+]([O-])c1ccc(CN2CCNCC2c2ccncc2)cc1Cl. The molecule has 128 valence electrons. The van der Waals surface area contributed by atoms with Crippen LogP contribution in [0.5, 0.6) is 0 Å². The monoisotopic (exact) mass is 368 g/mol. The Morgan fingerprint density at radius 3 is 2.75 bits per heavy atom. The van der Waals surface area contributed by atoms with Gasteiger partial charge >= 0.3 is 0 Å². The number of hydrogen-bond donors (Lipinski definition) is 1. The Bertz CT molecular complexity index is 700. The Morgan fingerprint density at radius 2 is 2.08 bits per heavy atom. The molecule has 1 fully saturated rings. The van der Waals surface area contributed by atoms with Crippen LogP contribution in [0.15, 0.2) is 42.7 Å². The van der Waals surface area contributed by atoms with Crippen LogP contribution in [-0.2, 0) is 6.54 Å². The Morgan fingerprint density at radius 1 is 1.33 bits per heavy atom. The number of benzene rings is 1. The predicted octanol–water partition coefficient (Wildman–Crippen LogP) is 3.21. The van der Waals surface area contributed by atoms with Gasteiger partial charge in [-0.25, -0.2) is 0 Å². The van der Waals surface area contributed by atoms with Gasteiger partial charge in [0.1, 0.15) is 5.02 Å².